The van der Waals surface area contributed by atoms with Gasteiger partial charge in [0.05, 0.1) is 22.2 Å². The van der Waals surface area contributed by atoms with Crippen LogP contribution in [-0.2, 0) is 4.79 Å². The van der Waals surface area contributed by atoms with E-state index in [1.807, 2.05) is 39.8 Å². The highest BCUT2D eigenvalue weighted by Gasteiger charge is 2.30. The minimum absolute atomic E-state index is 0.0405. The Labute approximate surface area is 229 Å². The van der Waals surface area contributed by atoms with Gasteiger partial charge in [0.25, 0.3) is 0 Å². The van der Waals surface area contributed by atoms with Crippen LogP contribution in [0.4, 0.5) is 5.82 Å². The lowest BCUT2D eigenvalue weighted by atomic mass is 10.0. The topological polar surface area (TPSA) is 117 Å². The molecule has 1 fully saturated rings. The molecular formula is C30H30N6O4. The number of carbonyl (C=O) groups excluding carboxylic acids is 1. The fraction of sp³-hybridized carbons (Fsp3) is 0.300. The monoisotopic (exact) mass is 538 g/mol. The molecule has 0 radical (unpaired) electrons. The number of piperazine rings is 1. The summed E-state index contributed by atoms with van der Waals surface area (Å²) in [7, 11) is 0. The molecule has 4 aromatic heterocycles. The van der Waals surface area contributed by atoms with E-state index in [0.717, 1.165) is 11.3 Å². The van der Waals surface area contributed by atoms with E-state index in [-0.39, 0.29) is 29.0 Å². The van der Waals surface area contributed by atoms with Gasteiger partial charge in [0, 0.05) is 31.9 Å². The van der Waals surface area contributed by atoms with Gasteiger partial charge in [-0.05, 0) is 55.7 Å². The number of rotatable bonds is 4. The summed E-state index contributed by atoms with van der Waals surface area (Å²) < 4.78 is 7.64. The Kier molecular flexibility index (Phi) is 6.05. The summed E-state index contributed by atoms with van der Waals surface area (Å²) in [6.45, 7) is 13.1. The van der Waals surface area contributed by atoms with Gasteiger partial charge in [-0.2, -0.15) is 0 Å². The summed E-state index contributed by atoms with van der Waals surface area (Å²) in [5.41, 5.74) is 3.41. The molecule has 204 valence electrons. The van der Waals surface area contributed by atoms with Gasteiger partial charge in [-0.25, -0.2) is 14.3 Å². The molecule has 1 amide bonds. The number of benzene rings is 1. The molecule has 1 aromatic carbocycles. The Morgan fingerprint density at radius 2 is 2.00 bits per heavy atom. The number of aromatic nitrogens is 4. The Morgan fingerprint density at radius 3 is 2.73 bits per heavy atom. The van der Waals surface area contributed by atoms with Gasteiger partial charge in [0.15, 0.2) is 16.7 Å². The smallest absolute Gasteiger partial charge is 0.333 e. The molecule has 10 heteroatoms. The quantitative estimate of drug-likeness (QED) is 0.344. The minimum Gasteiger partial charge on any atom is -0.454 e. The van der Waals surface area contributed by atoms with Crippen molar-refractivity contribution in [3.63, 3.8) is 0 Å². The molecule has 10 nitrogen and oxygen atoms in total. The van der Waals surface area contributed by atoms with Crippen molar-refractivity contribution in [3.8, 4) is 5.69 Å². The zero-order valence-corrected chi connectivity index (χ0v) is 22.9. The van der Waals surface area contributed by atoms with Gasteiger partial charge >= 0.3 is 5.69 Å². The van der Waals surface area contributed by atoms with Crippen molar-refractivity contribution < 1.29 is 9.21 Å². The van der Waals surface area contributed by atoms with Crippen molar-refractivity contribution >= 4 is 44.8 Å². The summed E-state index contributed by atoms with van der Waals surface area (Å²) in [5.74, 6) is 0.501. The van der Waals surface area contributed by atoms with Crippen LogP contribution >= 0.6 is 0 Å². The van der Waals surface area contributed by atoms with Crippen LogP contribution in [0.2, 0.25) is 0 Å². The highest BCUT2D eigenvalue weighted by Crippen LogP contribution is 2.34. The Bertz CT molecular complexity index is 1950. The lowest BCUT2D eigenvalue weighted by molar-refractivity contribution is -0.126. The van der Waals surface area contributed by atoms with E-state index in [4.69, 9.17) is 9.40 Å². The van der Waals surface area contributed by atoms with Gasteiger partial charge in [-0.3, -0.25) is 19.6 Å². The second kappa shape index (κ2) is 9.48. The molecule has 5 aromatic rings. The van der Waals surface area contributed by atoms with Crippen molar-refractivity contribution in [2.45, 2.75) is 39.7 Å². The molecule has 0 aliphatic carbocycles. The van der Waals surface area contributed by atoms with Crippen molar-refractivity contribution in [1.82, 2.24) is 24.4 Å². The number of nitrogens with zero attached hydrogens (tertiary/aromatic N) is 5. The van der Waals surface area contributed by atoms with Crippen LogP contribution in [0.5, 0.6) is 0 Å². The summed E-state index contributed by atoms with van der Waals surface area (Å²) in [6, 6.07) is 8.48. The number of aryl methyl sites for hydroxylation is 1. The van der Waals surface area contributed by atoms with Crippen LogP contribution in [0.15, 0.2) is 63.2 Å². The van der Waals surface area contributed by atoms with Gasteiger partial charge in [0.1, 0.15) is 16.9 Å². The molecule has 0 spiro atoms. The predicted octanol–water partition coefficient (Wildman–Crippen LogP) is 4.02. The van der Waals surface area contributed by atoms with Crippen LogP contribution in [0.3, 0.4) is 0 Å². The number of hydrogen-bond acceptors (Lipinski definition) is 7. The van der Waals surface area contributed by atoms with E-state index < -0.39 is 0 Å². The Hall–Kier alpha value is -4.73. The molecule has 1 aliphatic rings. The van der Waals surface area contributed by atoms with Crippen LogP contribution in [0.1, 0.15) is 37.9 Å². The van der Waals surface area contributed by atoms with Gasteiger partial charge < -0.3 is 14.2 Å². The summed E-state index contributed by atoms with van der Waals surface area (Å²) in [5, 5.41) is 1.04. The average molecular weight is 539 g/mol. The fourth-order valence-electron chi connectivity index (χ4n) is 5.69. The second-order valence-electron chi connectivity index (χ2n) is 10.6. The van der Waals surface area contributed by atoms with Crippen molar-refractivity contribution in [2.24, 2.45) is 0 Å². The maximum Gasteiger partial charge on any atom is 0.333 e. The predicted molar refractivity (Wildman–Crippen MR) is 155 cm³/mol. The molecule has 1 N–H and O–H groups in total. The molecule has 0 saturated carbocycles. The first-order valence-corrected chi connectivity index (χ1v) is 13.3. The Balaban J connectivity index is 1.69. The number of carbonyl (C=O) groups is 1. The van der Waals surface area contributed by atoms with E-state index in [1.54, 1.807) is 27.8 Å². The molecule has 1 atom stereocenters. The number of amides is 1. The van der Waals surface area contributed by atoms with Crippen LogP contribution in [0, 0.1) is 6.92 Å². The lowest BCUT2D eigenvalue weighted by Crippen LogP contribution is -2.54. The van der Waals surface area contributed by atoms with Gasteiger partial charge in [0.2, 0.25) is 5.91 Å². The maximum atomic E-state index is 14.0. The SMILES string of the molecule is C=CC(=O)N1CCN(c2[nH]c(=O)n(-c3c(C)ccnc3C(C)C)c3nc4c(cc23)oc2cccc(=O)c24)[C@@H](C)C1. The summed E-state index contributed by atoms with van der Waals surface area (Å²) in [4.78, 5) is 55.6. The normalized spacial score (nSPS) is 16.0. The first kappa shape index (κ1) is 25.5. The zero-order valence-electron chi connectivity index (χ0n) is 22.9. The zero-order chi connectivity index (χ0) is 28.3. The highest BCUT2D eigenvalue weighted by atomic mass is 16.3. The number of aromatic amines is 1. The fourth-order valence-corrected chi connectivity index (χ4v) is 5.69. The first-order valence-electron chi connectivity index (χ1n) is 13.3. The Morgan fingerprint density at radius 1 is 1.20 bits per heavy atom. The molecule has 0 unspecified atom stereocenters. The number of hydrogen-bond donors (Lipinski definition) is 1. The number of fused-ring (bicyclic) bond motifs is 4. The molecular weight excluding hydrogens is 508 g/mol. The summed E-state index contributed by atoms with van der Waals surface area (Å²) >= 11 is 0. The van der Waals surface area contributed by atoms with Crippen LogP contribution < -0.4 is 16.0 Å². The molecule has 1 saturated heterocycles. The molecule has 40 heavy (non-hydrogen) atoms. The van der Waals surface area contributed by atoms with Gasteiger partial charge in [-0.15, -0.1) is 0 Å². The van der Waals surface area contributed by atoms with E-state index >= 15 is 0 Å². The number of H-pyrrole nitrogens is 1. The third-order valence-corrected chi connectivity index (χ3v) is 7.63. The van der Waals surface area contributed by atoms with Crippen LogP contribution in [0.25, 0.3) is 38.8 Å². The van der Waals surface area contributed by atoms with E-state index in [9.17, 15) is 14.4 Å². The van der Waals surface area contributed by atoms with E-state index in [1.165, 1.54) is 12.1 Å². The highest BCUT2D eigenvalue weighted by molar-refractivity contribution is 6.07. The summed E-state index contributed by atoms with van der Waals surface area (Å²) in [6.07, 6.45) is 3.06. The molecule has 5 heterocycles. The van der Waals surface area contributed by atoms with E-state index in [0.29, 0.717) is 64.2 Å². The number of nitrogens with one attached hydrogen (secondary N) is 1. The third kappa shape index (κ3) is 3.90. The van der Waals surface area contributed by atoms with Crippen molar-refractivity contribution in [3.05, 3.63) is 81.1 Å². The van der Waals surface area contributed by atoms with Crippen molar-refractivity contribution in [1.29, 1.82) is 0 Å². The largest absolute Gasteiger partial charge is 0.454 e. The number of pyridine rings is 2. The minimum atomic E-state index is -0.376. The van der Waals surface area contributed by atoms with Crippen molar-refractivity contribution in [2.75, 3.05) is 24.5 Å². The van der Waals surface area contributed by atoms with Crippen LogP contribution in [-0.4, -0.2) is 56.0 Å². The first-order chi connectivity index (χ1) is 19.2. The lowest BCUT2D eigenvalue weighted by Gasteiger charge is -2.41. The molecule has 6 rings (SSSR count). The molecule has 0 bridgehead atoms. The van der Waals surface area contributed by atoms with E-state index in [2.05, 4.69) is 21.4 Å². The standard InChI is InChI=1S/C30H30N6O4/c1-6-23(38)34-12-13-35(18(5)15-34)28-19-14-22-26(24-20(37)8-7-9-21(24)40-22)32-29(19)36(30(39)33-28)27-17(4)10-11-31-25(27)16(2)3/h6-11,14,16,18H,1,12-13,15H2,2-5H3,(H,33,39)/t18-/m0/s1. The number of furan rings is 1. The second-order valence-corrected chi connectivity index (χ2v) is 10.6. The third-order valence-electron chi connectivity index (χ3n) is 7.63. The average Bonchev–Trinajstić information content (AvgIpc) is 3.30. The maximum absolute atomic E-state index is 14.0. The molecule has 1 aliphatic heterocycles. The van der Waals surface area contributed by atoms with Gasteiger partial charge in [-0.1, -0.05) is 26.5 Å². The number of anilines is 1.